The molecule has 0 aromatic heterocycles. The maximum Gasteiger partial charge on any atom is 0.389 e. The third-order valence-electron chi connectivity index (χ3n) is 9.52. The number of carbonyl (C=O) groups is 3. The van der Waals surface area contributed by atoms with Crippen LogP contribution in [0.3, 0.4) is 0 Å². The quantitative estimate of drug-likeness (QED) is 0.130. The minimum absolute atomic E-state index is 0.0345. The first-order valence-corrected chi connectivity index (χ1v) is 15.8. The number of benzene rings is 2. The van der Waals surface area contributed by atoms with Gasteiger partial charge in [-0.15, -0.1) is 0 Å². The number of nitrogens with zero attached hydrogens (tertiary/aromatic N) is 2. The van der Waals surface area contributed by atoms with Crippen molar-refractivity contribution in [1.29, 1.82) is 0 Å². The Balaban J connectivity index is 1.58. The van der Waals surface area contributed by atoms with Crippen molar-refractivity contribution in [3.8, 4) is 0 Å². The number of aliphatic hydroxyl groups excluding tert-OH is 1. The highest BCUT2D eigenvalue weighted by molar-refractivity contribution is 6.24. The second kappa shape index (κ2) is 12.5. The smallest absolute Gasteiger partial charge is 0.389 e. The van der Waals surface area contributed by atoms with Crippen molar-refractivity contribution in [2.24, 2.45) is 0 Å². The summed E-state index contributed by atoms with van der Waals surface area (Å²) in [5.41, 5.74) is 0.336. The second-order valence-electron chi connectivity index (χ2n) is 13.6. The van der Waals surface area contributed by atoms with Gasteiger partial charge in [-0.2, -0.15) is 30.9 Å². The predicted octanol–water partition coefficient (Wildman–Crippen LogP) is 8.15. The van der Waals surface area contributed by atoms with E-state index in [1.165, 1.54) is 48.6 Å². The minimum atomic E-state index is -4.42. The zero-order chi connectivity index (χ0) is 37.1. The molecule has 3 aliphatic rings. The number of aliphatic hydroxyl groups is 1. The van der Waals surface area contributed by atoms with E-state index in [1.807, 2.05) is 0 Å². The maximum atomic E-state index is 13.7. The van der Waals surface area contributed by atoms with Crippen LogP contribution >= 0.6 is 0 Å². The average molecular weight is 706 g/mol. The third kappa shape index (κ3) is 6.67. The lowest BCUT2D eigenvalue weighted by Gasteiger charge is -2.29. The number of hydrogen-bond donors (Lipinski definition) is 3. The number of carboxylic acids is 2. The summed E-state index contributed by atoms with van der Waals surface area (Å²) in [5, 5.41) is 30.4. The Morgan fingerprint density at radius 3 is 1.94 bits per heavy atom. The lowest BCUT2D eigenvalue weighted by molar-refractivity contribution is -0.439. The first-order chi connectivity index (χ1) is 23.0. The highest BCUT2D eigenvalue weighted by Gasteiger charge is 2.48. The Morgan fingerprint density at radius 1 is 0.820 bits per heavy atom. The van der Waals surface area contributed by atoms with E-state index in [0.29, 0.717) is 33.9 Å². The number of fused-ring (bicyclic) bond motifs is 2. The van der Waals surface area contributed by atoms with Gasteiger partial charge in [-0.05, 0) is 62.2 Å². The van der Waals surface area contributed by atoms with E-state index in [1.54, 1.807) is 37.2 Å². The molecule has 2 aliphatic heterocycles. The number of aromatic carboxylic acids is 2. The van der Waals surface area contributed by atoms with Crippen molar-refractivity contribution >= 4 is 34.8 Å². The molecule has 5 rings (SSSR count). The zero-order valence-corrected chi connectivity index (χ0v) is 27.6. The molecule has 1 aliphatic carbocycles. The van der Waals surface area contributed by atoms with Gasteiger partial charge < -0.3 is 20.2 Å². The molecule has 0 fully saturated rings. The molecule has 2 aromatic rings. The normalized spacial score (nSPS) is 19.7. The number of alkyl halides is 6. The number of hydrogen-bond acceptors (Lipinski definition) is 5. The molecule has 0 amide bonds. The number of rotatable bonds is 10. The van der Waals surface area contributed by atoms with Gasteiger partial charge in [-0.25, -0.2) is 9.59 Å². The fourth-order valence-corrected chi connectivity index (χ4v) is 6.88. The Bertz CT molecular complexity index is 1930. The lowest BCUT2D eigenvalue weighted by Crippen LogP contribution is -2.32. The molecule has 0 bridgehead atoms. The van der Waals surface area contributed by atoms with Gasteiger partial charge in [-0.3, -0.25) is 4.79 Å². The summed E-state index contributed by atoms with van der Waals surface area (Å²) in [6, 6.07) is 8.52. The predicted molar refractivity (Wildman–Crippen MR) is 171 cm³/mol. The van der Waals surface area contributed by atoms with E-state index in [4.69, 9.17) is 0 Å². The van der Waals surface area contributed by atoms with Crippen LogP contribution in [0.15, 0.2) is 71.2 Å². The molecular weight excluding hydrogens is 670 g/mol. The van der Waals surface area contributed by atoms with E-state index in [0.717, 1.165) is 0 Å². The summed E-state index contributed by atoms with van der Waals surface area (Å²) in [7, 11) is 0. The van der Waals surface area contributed by atoms with Crippen molar-refractivity contribution in [2.45, 2.75) is 76.6 Å². The van der Waals surface area contributed by atoms with Crippen LogP contribution < -0.4 is 4.90 Å². The number of allylic oxidation sites excluding steroid dienone is 5. The van der Waals surface area contributed by atoms with Gasteiger partial charge in [0.1, 0.15) is 12.3 Å². The number of ketones is 1. The summed E-state index contributed by atoms with van der Waals surface area (Å²) in [5.74, 6) is -3.45. The largest absolute Gasteiger partial charge is 0.506 e. The van der Waals surface area contributed by atoms with Gasteiger partial charge in [-0.1, -0.05) is 13.8 Å². The third-order valence-corrected chi connectivity index (χ3v) is 9.52. The van der Waals surface area contributed by atoms with Gasteiger partial charge >= 0.3 is 24.3 Å². The van der Waals surface area contributed by atoms with Crippen LogP contribution in [0.5, 0.6) is 0 Å². The molecule has 0 saturated carbocycles. The first-order valence-electron chi connectivity index (χ1n) is 15.8. The van der Waals surface area contributed by atoms with Gasteiger partial charge in [0.25, 0.3) is 0 Å². The van der Waals surface area contributed by atoms with E-state index in [9.17, 15) is 56.0 Å². The number of anilines is 1. The van der Waals surface area contributed by atoms with E-state index in [2.05, 4.69) is 0 Å². The number of carboxylic acid groups (broad SMARTS) is 2. The fraction of sp³-hybridized carbons (Fsp3) is 0.389. The molecule has 2 aromatic carbocycles. The maximum absolute atomic E-state index is 13.7. The van der Waals surface area contributed by atoms with Crippen LogP contribution in [0.25, 0.3) is 0 Å². The Kier molecular flexibility index (Phi) is 9.08. The summed E-state index contributed by atoms with van der Waals surface area (Å²) >= 11 is 0. The Morgan fingerprint density at radius 2 is 1.38 bits per heavy atom. The van der Waals surface area contributed by atoms with Crippen molar-refractivity contribution in [3.63, 3.8) is 0 Å². The first kappa shape index (κ1) is 36.4. The van der Waals surface area contributed by atoms with Crippen molar-refractivity contribution in [3.05, 3.63) is 93.4 Å². The monoisotopic (exact) mass is 705 g/mol. The second-order valence-corrected chi connectivity index (χ2v) is 13.6. The highest BCUT2D eigenvalue weighted by Crippen LogP contribution is 2.50. The molecule has 2 heterocycles. The standard InChI is InChI=1S/C36H34F6N2O6/c1-33(2)23-15-19(31(47)48)7-9-25(23)43(13-5-11-35(37,38)39)27(33)17-21-29(45)22(30(21)46)18-28-34(3,4)24-16-20(32(49)50)8-10-26(24)44(28)14-6-12-36(40,41)42/h7-10,15-18H,5-6,11-14H2,1-4H3,(H2-,45,46,47,48,49,50)/p+1. The van der Waals surface area contributed by atoms with Crippen molar-refractivity contribution < 1.29 is 60.6 Å². The lowest BCUT2D eigenvalue weighted by atomic mass is 9.77. The zero-order valence-electron chi connectivity index (χ0n) is 27.6. The highest BCUT2D eigenvalue weighted by atomic mass is 19.4. The van der Waals surface area contributed by atoms with Crippen LogP contribution in [-0.4, -0.2) is 68.8 Å². The van der Waals surface area contributed by atoms with Crippen LogP contribution in [0.2, 0.25) is 0 Å². The van der Waals surface area contributed by atoms with Gasteiger partial charge in [0.2, 0.25) is 11.5 Å². The molecule has 266 valence electrons. The van der Waals surface area contributed by atoms with E-state index >= 15 is 0 Å². The summed E-state index contributed by atoms with van der Waals surface area (Å²) in [4.78, 5) is 38.7. The molecule has 50 heavy (non-hydrogen) atoms. The van der Waals surface area contributed by atoms with Crippen LogP contribution in [0.1, 0.15) is 85.2 Å². The number of carbonyl (C=O) groups excluding carboxylic acids is 1. The number of Topliss-reactive ketones (excluding diaryl/α,β-unsaturated/α-hetero) is 1. The minimum Gasteiger partial charge on any atom is -0.506 e. The van der Waals surface area contributed by atoms with Gasteiger partial charge in [0.15, 0.2) is 5.71 Å². The molecule has 3 N–H and O–H groups in total. The van der Waals surface area contributed by atoms with E-state index < -0.39 is 59.5 Å². The molecule has 0 atom stereocenters. The number of halogens is 6. The van der Waals surface area contributed by atoms with Crippen molar-refractivity contribution in [2.75, 3.05) is 18.0 Å². The fourth-order valence-electron chi connectivity index (χ4n) is 6.88. The Hall–Kier alpha value is -4.88. The van der Waals surface area contributed by atoms with Crippen LogP contribution in [0.4, 0.5) is 37.7 Å². The molecule has 0 spiro atoms. The van der Waals surface area contributed by atoms with Crippen LogP contribution in [-0.2, 0) is 15.6 Å². The van der Waals surface area contributed by atoms with Crippen LogP contribution in [0, 0.1) is 0 Å². The molecule has 0 unspecified atom stereocenters. The average Bonchev–Trinajstić information content (AvgIpc) is 3.34. The molecule has 14 heteroatoms. The summed E-state index contributed by atoms with van der Waals surface area (Å²) in [6.45, 7) is 6.67. The topological polar surface area (TPSA) is 118 Å². The molecule has 8 nitrogen and oxygen atoms in total. The molecule has 0 radical (unpaired) electrons. The van der Waals surface area contributed by atoms with Gasteiger partial charge in [0, 0.05) is 60.3 Å². The Labute approximate surface area is 283 Å². The van der Waals surface area contributed by atoms with Crippen molar-refractivity contribution in [1.82, 2.24) is 0 Å². The summed E-state index contributed by atoms with van der Waals surface area (Å²) < 4.78 is 80.0. The van der Waals surface area contributed by atoms with Gasteiger partial charge in [0.05, 0.1) is 27.7 Å². The molecular formula is C36H35F6N2O6+. The molecule has 0 saturated heterocycles. The summed E-state index contributed by atoms with van der Waals surface area (Å²) in [6.07, 6.45) is -8.84. The SMILES string of the molecule is CC1(C)C(/C=C2\C(=O)C(/C=C3/N(CCCC(F)(F)F)c4ccc(C(=O)O)cc4C3(C)C)=C2O)=[N+](CCCC(F)(F)F)c2ccc(C(=O)O)cc21. The van der Waals surface area contributed by atoms with E-state index in [-0.39, 0.29) is 48.2 Å².